The maximum absolute atomic E-state index is 14.1. The molecule has 1 aromatic heterocycles. The van der Waals surface area contributed by atoms with Crippen molar-refractivity contribution in [1.82, 2.24) is 14.8 Å². The van der Waals surface area contributed by atoms with Gasteiger partial charge in [0.05, 0.1) is 18.6 Å². The summed E-state index contributed by atoms with van der Waals surface area (Å²) in [6.07, 6.45) is 0.405. The molecular weight excluding hydrogens is 542 g/mol. The van der Waals surface area contributed by atoms with E-state index in [9.17, 15) is 38.5 Å². The minimum Gasteiger partial charge on any atom is -0.484 e. The molecule has 4 atom stereocenters. The number of pyridine rings is 1. The molecule has 4 heterocycles. The summed E-state index contributed by atoms with van der Waals surface area (Å²) < 4.78 is 33.5. The number of hydrogen-bond acceptors (Lipinski definition) is 6. The molecular formula is C25H23ClF2N4O7. The van der Waals surface area contributed by atoms with Crippen LogP contribution >= 0.6 is 11.6 Å². The standard InChI is InChI=1S/C25H23ClF2N4O7/c26-21-16(27)2-3-17(28)22(21)39-14-5-6-30(10-14)19-4-1-12(8-29-19)15-7-13-9-31(24(35)36)11-18(20(15)23(33)34)32(13)25(37)38/h1-4,7-8,13-14,18,20H,5-6,9-11H2,(H,33,34)(H,35,36)(H,37,38)/t13-,14+,18-,20?/m0/s1. The van der Waals surface area contributed by atoms with Gasteiger partial charge in [-0.05, 0) is 35.4 Å². The fraction of sp³-hybridized carbons (Fsp3) is 0.360. The third-order valence-electron chi connectivity index (χ3n) is 7.22. The highest BCUT2D eigenvalue weighted by Crippen LogP contribution is 2.39. The molecule has 0 radical (unpaired) electrons. The van der Waals surface area contributed by atoms with Crippen molar-refractivity contribution >= 4 is 41.1 Å². The number of carboxylic acids is 1. The predicted octanol–water partition coefficient (Wildman–Crippen LogP) is 3.48. The second-order valence-corrected chi connectivity index (χ2v) is 9.88. The molecule has 39 heavy (non-hydrogen) atoms. The van der Waals surface area contributed by atoms with Crippen molar-refractivity contribution in [3.63, 3.8) is 0 Å². The highest BCUT2D eigenvalue weighted by molar-refractivity contribution is 6.32. The molecule has 1 aromatic carbocycles. The largest absolute Gasteiger partial charge is 0.484 e. The summed E-state index contributed by atoms with van der Waals surface area (Å²) in [5.74, 6) is -3.95. The molecule has 11 nitrogen and oxygen atoms in total. The maximum Gasteiger partial charge on any atom is 0.408 e. The van der Waals surface area contributed by atoms with E-state index in [2.05, 4.69) is 4.98 Å². The van der Waals surface area contributed by atoms with Crippen LogP contribution < -0.4 is 9.64 Å². The first-order chi connectivity index (χ1) is 18.5. The molecule has 2 saturated heterocycles. The highest BCUT2D eigenvalue weighted by atomic mass is 35.5. The number of carbonyl (C=O) groups is 3. The van der Waals surface area contributed by atoms with Crippen LogP contribution in [0.5, 0.6) is 5.75 Å². The number of benzene rings is 1. The number of piperazine rings is 1. The lowest BCUT2D eigenvalue weighted by atomic mass is 9.79. The van der Waals surface area contributed by atoms with Crippen LogP contribution in [0.15, 0.2) is 36.5 Å². The van der Waals surface area contributed by atoms with E-state index in [0.717, 1.165) is 21.9 Å². The van der Waals surface area contributed by atoms with Crippen molar-refractivity contribution in [1.29, 1.82) is 0 Å². The van der Waals surface area contributed by atoms with Gasteiger partial charge >= 0.3 is 18.2 Å². The Kier molecular flexibility index (Phi) is 6.93. The van der Waals surface area contributed by atoms with Crippen LogP contribution in [0.2, 0.25) is 5.02 Å². The second kappa shape index (κ2) is 10.2. The maximum atomic E-state index is 14.1. The van der Waals surface area contributed by atoms with Gasteiger partial charge in [-0.25, -0.2) is 23.4 Å². The van der Waals surface area contributed by atoms with Gasteiger partial charge in [0.15, 0.2) is 11.6 Å². The van der Waals surface area contributed by atoms with Gasteiger partial charge in [-0.3, -0.25) is 9.69 Å². The summed E-state index contributed by atoms with van der Waals surface area (Å²) in [5, 5.41) is 28.7. The summed E-state index contributed by atoms with van der Waals surface area (Å²) in [6, 6.07) is 3.24. The molecule has 3 aliphatic rings. The lowest BCUT2D eigenvalue weighted by Crippen LogP contribution is -2.65. The lowest BCUT2D eigenvalue weighted by molar-refractivity contribution is -0.142. The number of nitrogens with zero attached hydrogens (tertiary/aromatic N) is 4. The third-order valence-corrected chi connectivity index (χ3v) is 7.57. The normalized spacial score (nSPS) is 24.4. The van der Waals surface area contributed by atoms with Crippen molar-refractivity contribution in [2.75, 3.05) is 31.1 Å². The van der Waals surface area contributed by atoms with E-state index >= 15 is 0 Å². The van der Waals surface area contributed by atoms with Crippen molar-refractivity contribution in [2.24, 2.45) is 5.92 Å². The van der Waals surface area contributed by atoms with E-state index in [1.165, 1.54) is 12.3 Å². The van der Waals surface area contributed by atoms with Crippen LogP contribution in [0.1, 0.15) is 12.0 Å². The number of fused-ring (bicyclic) bond motifs is 2. The van der Waals surface area contributed by atoms with Gasteiger partial charge in [-0.15, -0.1) is 0 Å². The lowest BCUT2D eigenvalue weighted by Gasteiger charge is -2.49. The third kappa shape index (κ3) is 4.89. The number of carboxylic acid groups (broad SMARTS) is 3. The van der Waals surface area contributed by atoms with Gasteiger partial charge in [-0.2, -0.15) is 0 Å². The first kappa shape index (κ1) is 26.5. The summed E-state index contributed by atoms with van der Waals surface area (Å²) in [6.45, 7) is 0.435. The van der Waals surface area contributed by atoms with Gasteiger partial charge in [0.2, 0.25) is 0 Å². The Balaban J connectivity index is 1.36. The molecule has 3 aliphatic heterocycles. The van der Waals surface area contributed by atoms with Gasteiger partial charge in [-0.1, -0.05) is 17.7 Å². The molecule has 206 valence electrons. The molecule has 14 heteroatoms. The number of amides is 2. The van der Waals surface area contributed by atoms with Crippen LogP contribution in [0.3, 0.4) is 0 Å². The van der Waals surface area contributed by atoms with Gasteiger partial charge in [0.25, 0.3) is 0 Å². The van der Waals surface area contributed by atoms with Crippen molar-refractivity contribution in [2.45, 2.75) is 24.6 Å². The average Bonchev–Trinajstić information content (AvgIpc) is 3.36. The van der Waals surface area contributed by atoms with Crippen molar-refractivity contribution < 1.29 is 43.2 Å². The van der Waals surface area contributed by atoms with Crippen LogP contribution in [-0.4, -0.2) is 92.6 Å². The fourth-order valence-corrected chi connectivity index (χ4v) is 5.64. The summed E-state index contributed by atoms with van der Waals surface area (Å²) in [4.78, 5) is 44.1. The second-order valence-electron chi connectivity index (χ2n) is 9.50. The van der Waals surface area contributed by atoms with Gasteiger partial charge < -0.3 is 29.9 Å². The van der Waals surface area contributed by atoms with Crippen LogP contribution in [0, 0.1) is 17.6 Å². The topological polar surface area (TPSA) is 144 Å². The zero-order valence-electron chi connectivity index (χ0n) is 20.2. The van der Waals surface area contributed by atoms with Gasteiger partial charge in [0.1, 0.15) is 28.7 Å². The van der Waals surface area contributed by atoms with E-state index in [4.69, 9.17) is 16.3 Å². The van der Waals surface area contributed by atoms with E-state index in [1.54, 1.807) is 12.1 Å². The number of ether oxygens (including phenoxy) is 1. The van der Waals surface area contributed by atoms with Crippen LogP contribution in [-0.2, 0) is 4.79 Å². The Morgan fingerprint density at radius 3 is 2.38 bits per heavy atom. The Bertz CT molecular complexity index is 1360. The summed E-state index contributed by atoms with van der Waals surface area (Å²) in [7, 11) is 0. The molecule has 0 aliphatic carbocycles. The Morgan fingerprint density at radius 2 is 1.74 bits per heavy atom. The monoisotopic (exact) mass is 564 g/mol. The van der Waals surface area contributed by atoms with Crippen molar-refractivity contribution in [3.05, 3.63) is 58.8 Å². The highest BCUT2D eigenvalue weighted by Gasteiger charge is 2.49. The Morgan fingerprint density at radius 1 is 1.00 bits per heavy atom. The number of anilines is 1. The number of aliphatic carboxylic acids is 1. The SMILES string of the molecule is O=C(O)C1C(c2ccc(N3CC[C@@H](Oc4c(F)ccc(F)c4Cl)C3)nc2)=C[C@H]2CN(C(=O)O)C[C@@H]1N2C(=O)O. The molecule has 5 rings (SSSR count). The fourth-order valence-electron chi connectivity index (χ4n) is 5.44. The number of rotatable bonds is 5. The summed E-state index contributed by atoms with van der Waals surface area (Å²) >= 11 is 5.86. The van der Waals surface area contributed by atoms with Crippen LogP contribution in [0.4, 0.5) is 24.2 Å². The van der Waals surface area contributed by atoms with E-state index < -0.39 is 58.9 Å². The molecule has 1 unspecified atom stereocenters. The zero-order valence-corrected chi connectivity index (χ0v) is 21.0. The van der Waals surface area contributed by atoms with Crippen LogP contribution in [0.25, 0.3) is 5.57 Å². The molecule has 0 spiro atoms. The smallest absolute Gasteiger partial charge is 0.408 e. The molecule has 2 fully saturated rings. The Hall–Kier alpha value is -4.13. The van der Waals surface area contributed by atoms with E-state index in [1.807, 2.05) is 4.90 Å². The zero-order chi connectivity index (χ0) is 28.0. The summed E-state index contributed by atoms with van der Waals surface area (Å²) in [5.41, 5.74) is 0.827. The van der Waals surface area contributed by atoms with E-state index in [0.29, 0.717) is 36.5 Å². The first-order valence-corrected chi connectivity index (χ1v) is 12.4. The Labute approximate surface area is 225 Å². The molecule has 0 saturated carbocycles. The molecule has 2 aromatic rings. The van der Waals surface area contributed by atoms with Gasteiger partial charge in [0, 0.05) is 32.3 Å². The van der Waals surface area contributed by atoms with Crippen molar-refractivity contribution in [3.8, 4) is 5.75 Å². The predicted molar refractivity (Wildman–Crippen MR) is 133 cm³/mol. The van der Waals surface area contributed by atoms with E-state index in [-0.39, 0.29) is 18.8 Å². The minimum absolute atomic E-state index is 0.120. The number of aromatic nitrogens is 1. The number of halogens is 3. The molecule has 2 bridgehead atoms. The molecule has 3 N–H and O–H groups in total. The number of hydrogen-bond donors (Lipinski definition) is 3. The first-order valence-electron chi connectivity index (χ1n) is 12.0. The average molecular weight is 565 g/mol. The quantitative estimate of drug-likeness (QED) is 0.465. The molecule has 2 amide bonds. The minimum atomic E-state index is -1.32.